The molecule has 0 radical (unpaired) electrons. The summed E-state index contributed by atoms with van der Waals surface area (Å²) in [6.45, 7) is 11.6. The van der Waals surface area contributed by atoms with Crippen LogP contribution in [0.5, 0.6) is 0 Å². The van der Waals surface area contributed by atoms with Crippen LogP contribution in [-0.4, -0.2) is 61.9 Å². The zero-order chi connectivity index (χ0) is 26.3. The molecule has 8 heteroatoms. The molecular weight excluding hydrogens is 488 g/mol. The fourth-order valence-electron chi connectivity index (χ4n) is 8.66. The maximum absolute atomic E-state index is 11.4. The van der Waals surface area contributed by atoms with Gasteiger partial charge in [-0.15, -0.1) is 6.58 Å². The predicted molar refractivity (Wildman–Crippen MR) is 146 cm³/mol. The average molecular weight is 533 g/mol. The van der Waals surface area contributed by atoms with Crippen molar-refractivity contribution in [2.75, 3.05) is 37.6 Å². The molecular formula is C29H44N2O5S. The van der Waals surface area contributed by atoms with Gasteiger partial charge in [-0.2, -0.15) is 8.42 Å². The Morgan fingerprint density at radius 3 is 2.73 bits per heavy atom. The van der Waals surface area contributed by atoms with Gasteiger partial charge in [-0.3, -0.25) is 14.2 Å². The van der Waals surface area contributed by atoms with Crippen molar-refractivity contribution in [2.24, 2.45) is 22.7 Å². The van der Waals surface area contributed by atoms with Crippen LogP contribution < -0.4 is 4.72 Å². The Kier molecular flexibility index (Phi) is 7.78. The van der Waals surface area contributed by atoms with Crippen LogP contribution in [-0.2, 0) is 21.5 Å². The number of aryl methyl sites for hydroxylation is 1. The molecule has 0 spiro atoms. The second-order valence-electron chi connectivity index (χ2n) is 12.2. The van der Waals surface area contributed by atoms with Crippen molar-refractivity contribution in [1.82, 2.24) is 4.90 Å². The molecule has 3 N–H and O–H groups in total. The third-order valence-electron chi connectivity index (χ3n) is 10.3. The number of rotatable bonds is 9. The Hall–Kier alpha value is -1.45. The van der Waals surface area contributed by atoms with Gasteiger partial charge in [0.05, 0.1) is 25.0 Å². The number of hydrogen-bond acceptors (Lipinski definition) is 5. The summed E-state index contributed by atoms with van der Waals surface area (Å²) in [6, 6.07) is 5.75. The van der Waals surface area contributed by atoms with E-state index in [1.165, 1.54) is 24.8 Å². The Morgan fingerprint density at radius 1 is 1.22 bits per heavy atom. The third kappa shape index (κ3) is 5.24. The average Bonchev–Trinajstić information content (AvgIpc) is 3.17. The maximum atomic E-state index is 11.4. The van der Waals surface area contributed by atoms with Gasteiger partial charge in [0.25, 0.3) is 0 Å². The molecule has 1 aromatic rings. The van der Waals surface area contributed by atoms with E-state index in [9.17, 15) is 18.1 Å². The van der Waals surface area contributed by atoms with Crippen LogP contribution in [0.3, 0.4) is 0 Å². The Morgan fingerprint density at radius 2 is 2.00 bits per heavy atom. The van der Waals surface area contributed by atoms with Crippen LogP contribution in [0.2, 0.25) is 0 Å². The van der Waals surface area contributed by atoms with Crippen LogP contribution in [0.1, 0.15) is 75.3 Å². The normalized spacial score (nSPS) is 35.9. The van der Waals surface area contributed by atoms with Gasteiger partial charge in [0.15, 0.2) is 0 Å². The second kappa shape index (κ2) is 10.6. The zero-order valence-corrected chi connectivity index (χ0v) is 23.0. The molecule has 4 aliphatic rings. The molecule has 0 aromatic heterocycles. The fourth-order valence-corrected chi connectivity index (χ4v) is 9.09. The number of nitrogens with zero attached hydrogens (tertiary/aromatic N) is 1. The lowest BCUT2D eigenvalue weighted by Crippen LogP contribution is -2.54. The number of aliphatic hydroxyl groups is 1. The summed E-state index contributed by atoms with van der Waals surface area (Å²) in [4.78, 5) is 2.50. The first kappa shape index (κ1) is 27.1. The molecule has 0 unspecified atom stereocenters. The molecule has 3 aliphatic carbocycles. The number of ether oxygens (including phenoxy) is 1. The summed E-state index contributed by atoms with van der Waals surface area (Å²) in [5.41, 5.74) is 2.72. The SMILES string of the molecule is C=C[C@@]12CCc3cc(NS(=O)(=O)O)ccc3[C@H]1[C@@H](CCCCCN1CCOCC1)C[C@@]1(C)[C@H]2CC[C@@H]1O. The van der Waals surface area contributed by atoms with E-state index in [2.05, 4.69) is 35.3 Å². The molecule has 1 heterocycles. The van der Waals surface area contributed by atoms with E-state index in [0.717, 1.165) is 76.9 Å². The molecule has 3 fully saturated rings. The van der Waals surface area contributed by atoms with Crippen LogP contribution in [0.4, 0.5) is 5.69 Å². The quantitative estimate of drug-likeness (QED) is 0.240. The third-order valence-corrected chi connectivity index (χ3v) is 10.8. The zero-order valence-electron chi connectivity index (χ0n) is 22.2. The van der Waals surface area contributed by atoms with Crippen LogP contribution in [0.25, 0.3) is 0 Å². The lowest BCUT2D eigenvalue weighted by Gasteiger charge is -2.60. The van der Waals surface area contributed by atoms with E-state index in [-0.39, 0.29) is 16.9 Å². The largest absolute Gasteiger partial charge is 0.393 e. The van der Waals surface area contributed by atoms with E-state index in [1.807, 2.05) is 6.07 Å². The van der Waals surface area contributed by atoms with Gasteiger partial charge in [0.2, 0.25) is 0 Å². The van der Waals surface area contributed by atoms with Gasteiger partial charge in [0.1, 0.15) is 0 Å². The highest BCUT2D eigenvalue weighted by atomic mass is 32.2. The number of fused-ring (bicyclic) bond motifs is 5. The molecule has 2 saturated carbocycles. The molecule has 0 amide bonds. The maximum Gasteiger partial charge on any atom is 0.357 e. The first-order valence-electron chi connectivity index (χ1n) is 14.2. The molecule has 37 heavy (non-hydrogen) atoms. The minimum absolute atomic E-state index is 0.0616. The van der Waals surface area contributed by atoms with Gasteiger partial charge in [-0.25, -0.2) is 0 Å². The second-order valence-corrected chi connectivity index (χ2v) is 13.4. The monoisotopic (exact) mass is 532 g/mol. The number of aliphatic hydroxyl groups excluding tert-OH is 1. The summed E-state index contributed by atoms with van der Waals surface area (Å²) in [5, 5.41) is 11.2. The molecule has 1 aliphatic heterocycles. The van der Waals surface area contributed by atoms with Crippen molar-refractivity contribution in [3.05, 3.63) is 42.0 Å². The smallest absolute Gasteiger partial charge is 0.357 e. The number of benzene rings is 1. The highest BCUT2D eigenvalue weighted by Gasteiger charge is 2.63. The van der Waals surface area contributed by atoms with Crippen molar-refractivity contribution in [2.45, 2.75) is 76.7 Å². The van der Waals surface area contributed by atoms with Gasteiger partial charge in [-0.1, -0.05) is 31.9 Å². The topological polar surface area (TPSA) is 99.1 Å². The summed E-state index contributed by atoms with van der Waals surface area (Å²) in [6.07, 6.45) is 11.4. The first-order valence-corrected chi connectivity index (χ1v) is 15.6. The van der Waals surface area contributed by atoms with Crippen molar-refractivity contribution in [3.63, 3.8) is 0 Å². The number of anilines is 1. The molecule has 7 nitrogen and oxygen atoms in total. The summed E-state index contributed by atoms with van der Waals surface area (Å²) >= 11 is 0. The highest BCUT2D eigenvalue weighted by molar-refractivity contribution is 7.87. The minimum atomic E-state index is -4.31. The van der Waals surface area contributed by atoms with Crippen molar-refractivity contribution in [3.8, 4) is 0 Å². The summed E-state index contributed by atoms with van der Waals surface area (Å²) in [7, 11) is -4.31. The number of morpholine rings is 1. The van der Waals surface area contributed by atoms with E-state index in [1.54, 1.807) is 6.07 Å². The van der Waals surface area contributed by atoms with Crippen molar-refractivity contribution in [1.29, 1.82) is 0 Å². The molecule has 1 saturated heterocycles. The van der Waals surface area contributed by atoms with Gasteiger partial charge >= 0.3 is 10.3 Å². The van der Waals surface area contributed by atoms with Gasteiger partial charge in [0, 0.05) is 13.1 Å². The number of hydrogen-bond donors (Lipinski definition) is 3. The number of nitrogens with one attached hydrogen (secondary N) is 1. The molecule has 206 valence electrons. The molecule has 1 aromatic carbocycles. The molecule has 6 atom stereocenters. The van der Waals surface area contributed by atoms with Gasteiger partial charge < -0.3 is 9.84 Å². The molecule has 5 rings (SSSR count). The van der Waals surface area contributed by atoms with E-state index in [4.69, 9.17) is 4.74 Å². The lowest BCUT2D eigenvalue weighted by molar-refractivity contribution is -0.0812. The van der Waals surface area contributed by atoms with Crippen molar-refractivity contribution < 1.29 is 22.8 Å². The fraction of sp³-hybridized carbons (Fsp3) is 0.724. The van der Waals surface area contributed by atoms with E-state index < -0.39 is 10.3 Å². The molecule has 0 bridgehead atoms. The predicted octanol–water partition coefficient (Wildman–Crippen LogP) is 4.79. The first-order chi connectivity index (χ1) is 17.7. The Bertz CT molecular complexity index is 1090. The summed E-state index contributed by atoms with van der Waals surface area (Å²) in [5.74, 6) is 1.16. The van der Waals surface area contributed by atoms with Gasteiger partial charge in [-0.05, 0) is 103 Å². The van der Waals surface area contributed by atoms with E-state index in [0.29, 0.717) is 23.4 Å². The van der Waals surface area contributed by atoms with E-state index >= 15 is 0 Å². The number of unbranched alkanes of at least 4 members (excludes halogenated alkanes) is 2. The van der Waals surface area contributed by atoms with Crippen LogP contribution >= 0.6 is 0 Å². The standard InChI is InChI=1S/C29H44N2O5S/c1-3-29-13-12-21-19-23(30-37(33,34)35)8-9-24(21)27(29)22(20-28(2)25(29)10-11-26(28)32)7-5-4-6-14-31-15-17-36-18-16-31/h3,8-9,19,22,25-27,30,32H,1,4-7,10-18,20H2,2H3,(H,33,34,35)/t22-,25+,26-,27+,28-,29-/m0/s1. The highest BCUT2D eigenvalue weighted by Crippen LogP contribution is 2.69. The van der Waals surface area contributed by atoms with Crippen molar-refractivity contribution >= 4 is 16.0 Å². The van der Waals surface area contributed by atoms with Crippen LogP contribution in [0.15, 0.2) is 30.9 Å². The Labute approximate surface area is 222 Å². The lowest BCUT2D eigenvalue weighted by atomic mass is 9.44. The minimum Gasteiger partial charge on any atom is -0.393 e. The number of allylic oxidation sites excluding steroid dienone is 1. The Balaban J connectivity index is 1.38. The van der Waals surface area contributed by atoms with Crippen LogP contribution in [0, 0.1) is 22.7 Å². The summed E-state index contributed by atoms with van der Waals surface area (Å²) < 4.78 is 39.8.